The quantitative estimate of drug-likeness (QED) is 0.716. The summed E-state index contributed by atoms with van der Waals surface area (Å²) in [6, 6.07) is 4.18. The van der Waals surface area contributed by atoms with Crippen molar-refractivity contribution in [3.8, 4) is 5.88 Å². The Hall–Kier alpha value is -3.73. The number of benzene rings is 1. The summed E-state index contributed by atoms with van der Waals surface area (Å²) in [7, 11) is -1.49. The highest BCUT2D eigenvalue weighted by atomic mass is 32.2. The fraction of sp³-hybridized carbons (Fsp3) is 0.182. The normalized spacial score (nSPS) is 18.0. The number of hydrogen-bond acceptors (Lipinski definition) is 6. The van der Waals surface area contributed by atoms with Crippen molar-refractivity contribution >= 4 is 27.2 Å². The minimum Gasteiger partial charge on any atom is -0.480 e. The summed E-state index contributed by atoms with van der Waals surface area (Å²) in [5.74, 6) is -2.75. The minimum absolute atomic E-state index is 0.0929. The number of halogens is 2. The second-order valence-corrected chi connectivity index (χ2v) is 9.06. The van der Waals surface area contributed by atoms with Crippen molar-refractivity contribution in [1.82, 2.24) is 14.8 Å². The zero-order valence-electron chi connectivity index (χ0n) is 17.9. The summed E-state index contributed by atoms with van der Waals surface area (Å²) in [4.78, 5) is 18.9. The van der Waals surface area contributed by atoms with E-state index in [0.717, 1.165) is 23.9 Å². The van der Waals surface area contributed by atoms with Gasteiger partial charge in [0.2, 0.25) is 5.88 Å². The molecule has 0 bridgehead atoms. The van der Waals surface area contributed by atoms with E-state index in [2.05, 4.69) is 9.71 Å². The largest absolute Gasteiger partial charge is 0.480 e. The highest BCUT2D eigenvalue weighted by molar-refractivity contribution is 7.92. The van der Waals surface area contributed by atoms with Gasteiger partial charge in [-0.25, -0.2) is 22.2 Å². The molecule has 1 aromatic carbocycles. The van der Waals surface area contributed by atoms with Crippen LogP contribution in [0.15, 0.2) is 65.5 Å². The molecule has 4 rings (SSSR count). The van der Waals surface area contributed by atoms with E-state index in [1.807, 2.05) is 24.9 Å². The Morgan fingerprint density at radius 2 is 1.91 bits per heavy atom. The van der Waals surface area contributed by atoms with Gasteiger partial charge in [0.15, 0.2) is 4.90 Å². The predicted octanol–water partition coefficient (Wildman–Crippen LogP) is 3.08. The number of carbonyl (C=O) groups is 1. The number of aromatic nitrogens is 1. The van der Waals surface area contributed by atoms with Crippen LogP contribution < -0.4 is 9.46 Å². The summed E-state index contributed by atoms with van der Waals surface area (Å²) in [5, 5.41) is 0. The van der Waals surface area contributed by atoms with Crippen LogP contribution in [0.5, 0.6) is 5.88 Å². The Morgan fingerprint density at radius 3 is 2.58 bits per heavy atom. The van der Waals surface area contributed by atoms with Gasteiger partial charge in [-0.05, 0) is 36.8 Å². The van der Waals surface area contributed by atoms with E-state index in [4.69, 9.17) is 4.74 Å². The topological polar surface area (TPSA) is 91.8 Å². The molecule has 172 valence electrons. The number of likely N-dealkylation sites (N-methyl/N-ethyl adjacent to an activating group) is 1. The molecule has 2 aliphatic rings. The van der Waals surface area contributed by atoms with Crippen LogP contribution in [0.1, 0.15) is 12.5 Å². The number of pyridine rings is 1. The number of anilines is 1. The zero-order chi connectivity index (χ0) is 23.9. The summed E-state index contributed by atoms with van der Waals surface area (Å²) < 4.78 is 60.9. The number of nitrogens with one attached hydrogen (secondary N) is 1. The predicted molar refractivity (Wildman–Crippen MR) is 117 cm³/mol. The lowest BCUT2D eigenvalue weighted by Gasteiger charge is -2.40. The molecule has 1 N–H and O–H groups in total. The van der Waals surface area contributed by atoms with Crippen molar-refractivity contribution in [2.24, 2.45) is 0 Å². The Morgan fingerprint density at radius 1 is 1.21 bits per heavy atom. The minimum atomic E-state index is -4.63. The molecule has 0 aliphatic carbocycles. The van der Waals surface area contributed by atoms with Gasteiger partial charge in [0.25, 0.3) is 15.9 Å². The number of sulfonamides is 1. The van der Waals surface area contributed by atoms with E-state index >= 15 is 0 Å². The first kappa shape index (κ1) is 22.5. The van der Waals surface area contributed by atoms with Crippen LogP contribution in [0.2, 0.25) is 0 Å². The molecule has 0 radical (unpaired) electrons. The molecule has 0 saturated heterocycles. The Kier molecular flexibility index (Phi) is 5.66. The Balaban J connectivity index is 1.72. The first-order chi connectivity index (χ1) is 15.6. The van der Waals surface area contributed by atoms with Crippen LogP contribution in [-0.4, -0.2) is 49.4 Å². The fourth-order valence-corrected chi connectivity index (χ4v) is 4.76. The number of rotatable bonds is 5. The number of hydrogen-bond donors (Lipinski definition) is 1. The second kappa shape index (κ2) is 8.32. The van der Waals surface area contributed by atoms with Crippen LogP contribution in [0.4, 0.5) is 14.5 Å². The highest BCUT2D eigenvalue weighted by Gasteiger charge is 2.31. The maximum atomic E-state index is 14.1. The lowest BCUT2D eigenvalue weighted by molar-refractivity contribution is -0.128. The van der Waals surface area contributed by atoms with Gasteiger partial charge >= 0.3 is 0 Å². The first-order valence-electron chi connectivity index (χ1n) is 9.77. The van der Waals surface area contributed by atoms with Crippen molar-refractivity contribution in [3.05, 3.63) is 77.8 Å². The maximum Gasteiger partial charge on any atom is 0.267 e. The average molecular weight is 474 g/mol. The van der Waals surface area contributed by atoms with Gasteiger partial charge in [-0.15, -0.1) is 0 Å². The number of fused-ring (bicyclic) bond motifs is 1. The van der Waals surface area contributed by atoms with Crippen molar-refractivity contribution in [2.45, 2.75) is 18.0 Å². The molecule has 11 heteroatoms. The Bertz CT molecular complexity index is 1320. The molecule has 2 aliphatic heterocycles. The molecular weight excluding hydrogens is 454 g/mol. The number of amides is 1. The molecule has 1 unspecified atom stereocenters. The molecule has 3 heterocycles. The van der Waals surface area contributed by atoms with E-state index in [-0.39, 0.29) is 23.6 Å². The van der Waals surface area contributed by atoms with Crippen molar-refractivity contribution < 1.29 is 26.7 Å². The molecule has 0 spiro atoms. The van der Waals surface area contributed by atoms with Crippen LogP contribution in [0, 0.1) is 11.6 Å². The fourth-order valence-electron chi connectivity index (χ4n) is 3.58. The standard InChI is InChI=1S/C22H20F2N4O4S/c1-13-9-20(29)28-12-14(7-8-19(28)27(13)2)15-10-18(22(32-3)25-11-15)26-33(30,31)21-16(23)5-4-6-17(21)24/h4-12,19,26H,1-3H3. The Labute approximate surface area is 189 Å². The second-order valence-electron chi connectivity index (χ2n) is 7.44. The molecule has 0 fully saturated rings. The smallest absolute Gasteiger partial charge is 0.267 e. The molecular formula is C22H20F2N4O4S. The van der Waals surface area contributed by atoms with Crippen molar-refractivity contribution in [1.29, 1.82) is 0 Å². The van der Waals surface area contributed by atoms with Gasteiger partial charge in [-0.1, -0.05) is 12.1 Å². The lowest BCUT2D eigenvalue weighted by atomic mass is 10.0. The molecule has 1 amide bonds. The molecule has 2 aromatic rings. The SMILES string of the molecule is COc1ncc(C2=CN3C(=O)C=C(C)N(C)C3C=C2)cc1NS(=O)(=O)c1c(F)cccc1F. The highest BCUT2D eigenvalue weighted by Crippen LogP contribution is 2.32. The number of allylic oxidation sites excluding steroid dienone is 3. The molecule has 0 saturated carbocycles. The average Bonchev–Trinajstić information content (AvgIpc) is 2.76. The van der Waals surface area contributed by atoms with Crippen LogP contribution in [-0.2, 0) is 14.8 Å². The van der Waals surface area contributed by atoms with Gasteiger partial charge in [-0.2, -0.15) is 0 Å². The maximum absolute atomic E-state index is 14.1. The third-order valence-electron chi connectivity index (χ3n) is 5.36. The lowest BCUT2D eigenvalue weighted by Crippen LogP contribution is -2.49. The van der Waals surface area contributed by atoms with E-state index in [9.17, 15) is 22.0 Å². The molecule has 33 heavy (non-hydrogen) atoms. The van der Waals surface area contributed by atoms with Gasteiger partial charge in [0.05, 0.1) is 7.11 Å². The number of methoxy groups -OCH3 is 1. The molecule has 8 nitrogen and oxygen atoms in total. The monoisotopic (exact) mass is 474 g/mol. The van der Waals surface area contributed by atoms with E-state index in [1.54, 1.807) is 12.3 Å². The first-order valence-corrected chi connectivity index (χ1v) is 11.3. The van der Waals surface area contributed by atoms with Crippen molar-refractivity contribution in [3.63, 3.8) is 0 Å². The number of nitrogens with zero attached hydrogens (tertiary/aromatic N) is 3. The summed E-state index contributed by atoms with van der Waals surface area (Å²) in [6.07, 6.45) is 7.90. The van der Waals surface area contributed by atoms with E-state index < -0.39 is 26.6 Å². The van der Waals surface area contributed by atoms with Crippen molar-refractivity contribution in [2.75, 3.05) is 18.9 Å². The van der Waals surface area contributed by atoms with Crippen LogP contribution in [0.25, 0.3) is 5.57 Å². The number of ether oxygens (including phenoxy) is 1. The van der Waals surface area contributed by atoms with E-state index in [0.29, 0.717) is 11.1 Å². The van der Waals surface area contributed by atoms with Gasteiger partial charge in [0, 0.05) is 36.8 Å². The summed E-state index contributed by atoms with van der Waals surface area (Å²) in [5.41, 5.74) is 1.74. The van der Waals surface area contributed by atoms with E-state index in [1.165, 1.54) is 30.3 Å². The summed E-state index contributed by atoms with van der Waals surface area (Å²) in [6.45, 7) is 1.84. The molecule has 1 atom stereocenters. The van der Waals surface area contributed by atoms with Gasteiger partial charge < -0.3 is 9.64 Å². The third kappa shape index (κ3) is 4.07. The van der Waals surface area contributed by atoms with Gasteiger partial charge in [-0.3, -0.25) is 14.4 Å². The van der Waals surface area contributed by atoms with Crippen LogP contribution >= 0.6 is 0 Å². The molecule has 1 aromatic heterocycles. The summed E-state index contributed by atoms with van der Waals surface area (Å²) >= 11 is 0. The van der Waals surface area contributed by atoms with Crippen LogP contribution in [0.3, 0.4) is 0 Å². The number of carbonyl (C=O) groups excluding carboxylic acids is 1. The zero-order valence-corrected chi connectivity index (χ0v) is 18.7. The third-order valence-corrected chi connectivity index (χ3v) is 6.78. The van der Waals surface area contributed by atoms with Gasteiger partial charge in [0.1, 0.15) is 23.5 Å².